The summed E-state index contributed by atoms with van der Waals surface area (Å²) in [7, 11) is 0. The molecule has 35 heavy (non-hydrogen) atoms. The summed E-state index contributed by atoms with van der Waals surface area (Å²) in [6.45, 7) is 5.52. The fourth-order valence-electron chi connectivity index (χ4n) is 10.0. The number of fused-ring (bicyclic) bond motifs is 8. The normalized spacial score (nSPS) is 45.9. The van der Waals surface area contributed by atoms with Gasteiger partial charge in [-0.3, -0.25) is 4.79 Å². The lowest BCUT2D eigenvalue weighted by molar-refractivity contribution is -0.131. The number of aliphatic hydroxyl groups is 1. The van der Waals surface area contributed by atoms with E-state index in [9.17, 15) is 9.90 Å². The zero-order valence-corrected chi connectivity index (χ0v) is 21.1. The Balaban J connectivity index is 1.08. The van der Waals surface area contributed by atoms with Crippen LogP contribution in [0.25, 0.3) is 11.0 Å². The Morgan fingerprint density at radius 1 is 1.06 bits per heavy atom. The van der Waals surface area contributed by atoms with Crippen molar-refractivity contribution in [2.24, 2.45) is 46.8 Å². The maximum absolute atomic E-state index is 13.7. The molecule has 0 saturated heterocycles. The topological polar surface area (TPSA) is 77.2 Å². The molecule has 1 aromatic heterocycles. The Kier molecular flexibility index (Phi) is 5.03. The van der Waals surface area contributed by atoms with Crippen LogP contribution >= 0.6 is 0 Å². The highest BCUT2D eigenvalue weighted by molar-refractivity contribution is 5.84. The van der Waals surface area contributed by atoms with Crippen LogP contribution in [0.15, 0.2) is 24.3 Å². The molecule has 1 heterocycles. The third kappa shape index (κ3) is 3.11. The first-order valence-corrected chi connectivity index (χ1v) is 14.1. The van der Waals surface area contributed by atoms with Gasteiger partial charge in [-0.1, -0.05) is 24.3 Å². The van der Waals surface area contributed by atoms with Crippen LogP contribution in [-0.2, 0) is 16.1 Å². The van der Waals surface area contributed by atoms with Gasteiger partial charge >= 0.3 is 0 Å². The van der Waals surface area contributed by atoms with Crippen molar-refractivity contribution in [3.8, 4) is 0 Å². The molecule has 0 bridgehead atoms. The number of aromatic nitrogens is 3. The molecule has 7 rings (SSSR count). The van der Waals surface area contributed by atoms with Gasteiger partial charge in [0.15, 0.2) is 5.78 Å². The molecule has 188 valence electrons. The number of benzene rings is 1. The minimum Gasteiger partial charge on any atom is -0.387 e. The van der Waals surface area contributed by atoms with Gasteiger partial charge in [-0.2, -0.15) is 0 Å². The highest BCUT2D eigenvalue weighted by atomic mass is 16.5. The Hall–Kier alpha value is -1.79. The number of ketones is 1. The molecule has 0 spiro atoms. The van der Waals surface area contributed by atoms with E-state index in [1.807, 2.05) is 31.2 Å². The SMILES string of the molecule is CCOC1C2C3CCC4C(CCC5(C)C(C(=O)Cn6nnc7ccccc76)CCC45)C3CCC12O. The van der Waals surface area contributed by atoms with E-state index in [0.717, 1.165) is 48.0 Å². The van der Waals surface area contributed by atoms with Crippen LogP contribution in [0.2, 0.25) is 0 Å². The number of Topliss-reactive ketones (excluding diaryl/α,β-unsaturated/α-hetero) is 1. The number of carbonyl (C=O) groups excluding carboxylic acids is 1. The Morgan fingerprint density at radius 3 is 2.69 bits per heavy atom. The minimum absolute atomic E-state index is 0.0780. The van der Waals surface area contributed by atoms with Crippen LogP contribution in [0.3, 0.4) is 0 Å². The number of carbonyl (C=O) groups is 1. The Morgan fingerprint density at radius 2 is 1.83 bits per heavy atom. The number of ether oxygens (including phenoxy) is 1. The molecule has 5 fully saturated rings. The summed E-state index contributed by atoms with van der Waals surface area (Å²) in [5.74, 6) is 4.40. The van der Waals surface area contributed by atoms with Crippen molar-refractivity contribution < 1.29 is 14.6 Å². The first kappa shape index (κ1) is 22.4. The summed E-state index contributed by atoms with van der Waals surface area (Å²) in [6.07, 6.45) is 9.30. The van der Waals surface area contributed by atoms with Crippen LogP contribution in [-0.4, -0.2) is 44.2 Å². The summed E-state index contributed by atoms with van der Waals surface area (Å²) in [4.78, 5) is 13.7. The Bertz CT molecular complexity index is 1150. The van der Waals surface area contributed by atoms with Gasteiger partial charge in [-0.05, 0) is 105 Å². The molecule has 10 unspecified atom stereocenters. The van der Waals surface area contributed by atoms with Gasteiger partial charge in [0.25, 0.3) is 0 Å². The molecule has 0 radical (unpaired) electrons. The molecule has 2 aromatic rings. The molecular weight excluding hydrogens is 438 g/mol. The van der Waals surface area contributed by atoms with Crippen molar-refractivity contribution in [1.82, 2.24) is 15.0 Å². The maximum atomic E-state index is 13.7. The lowest BCUT2D eigenvalue weighted by Gasteiger charge is -2.55. The van der Waals surface area contributed by atoms with E-state index in [2.05, 4.69) is 17.2 Å². The summed E-state index contributed by atoms with van der Waals surface area (Å²) < 4.78 is 7.79. The van der Waals surface area contributed by atoms with Crippen LogP contribution in [0.4, 0.5) is 0 Å². The third-order valence-electron chi connectivity index (χ3n) is 11.5. The van der Waals surface area contributed by atoms with Crippen molar-refractivity contribution in [2.45, 2.75) is 83.5 Å². The zero-order valence-electron chi connectivity index (χ0n) is 21.1. The second kappa shape index (κ2) is 7.85. The molecule has 5 aliphatic carbocycles. The van der Waals surface area contributed by atoms with Crippen molar-refractivity contribution in [1.29, 1.82) is 0 Å². The van der Waals surface area contributed by atoms with E-state index >= 15 is 0 Å². The first-order chi connectivity index (χ1) is 17.0. The maximum Gasteiger partial charge on any atom is 0.157 e. The predicted molar refractivity (Wildman–Crippen MR) is 132 cm³/mol. The zero-order chi connectivity index (χ0) is 23.9. The minimum atomic E-state index is -0.538. The predicted octanol–water partition coefficient (Wildman–Crippen LogP) is 4.65. The van der Waals surface area contributed by atoms with Gasteiger partial charge in [0.05, 0.1) is 17.2 Å². The summed E-state index contributed by atoms with van der Waals surface area (Å²) >= 11 is 0. The Labute approximate surface area is 207 Å². The van der Waals surface area contributed by atoms with Crippen molar-refractivity contribution >= 4 is 16.8 Å². The average Bonchev–Trinajstić information content (AvgIpc) is 3.13. The van der Waals surface area contributed by atoms with E-state index in [4.69, 9.17) is 4.74 Å². The van der Waals surface area contributed by atoms with Gasteiger partial charge in [0.2, 0.25) is 0 Å². The van der Waals surface area contributed by atoms with Gasteiger partial charge < -0.3 is 9.84 Å². The smallest absolute Gasteiger partial charge is 0.157 e. The molecule has 0 amide bonds. The van der Waals surface area contributed by atoms with E-state index in [1.54, 1.807) is 4.68 Å². The first-order valence-electron chi connectivity index (χ1n) is 14.1. The van der Waals surface area contributed by atoms with Crippen molar-refractivity contribution in [3.63, 3.8) is 0 Å². The quantitative estimate of drug-likeness (QED) is 0.679. The second-order valence-electron chi connectivity index (χ2n) is 12.6. The lowest BCUT2D eigenvalue weighted by atomic mass is 9.49. The number of nitrogens with zero attached hydrogens (tertiary/aromatic N) is 3. The monoisotopic (exact) mass is 477 g/mol. The number of hydrogen-bond acceptors (Lipinski definition) is 5. The van der Waals surface area contributed by atoms with Gasteiger partial charge in [0, 0.05) is 18.4 Å². The second-order valence-corrected chi connectivity index (χ2v) is 12.6. The van der Waals surface area contributed by atoms with Crippen LogP contribution in [0.1, 0.15) is 65.2 Å². The molecular formula is C29H39N3O3. The average molecular weight is 478 g/mol. The van der Waals surface area contributed by atoms with E-state index in [1.165, 1.54) is 32.1 Å². The molecule has 0 aliphatic heterocycles. The van der Waals surface area contributed by atoms with Crippen molar-refractivity contribution in [2.75, 3.05) is 6.61 Å². The fourth-order valence-corrected chi connectivity index (χ4v) is 10.0. The van der Waals surface area contributed by atoms with Gasteiger partial charge in [-0.25, -0.2) is 4.68 Å². The van der Waals surface area contributed by atoms with Crippen LogP contribution < -0.4 is 0 Å². The van der Waals surface area contributed by atoms with Crippen LogP contribution in [0, 0.1) is 46.8 Å². The standard InChI is InChI=1S/C29H39N3O3/c1-3-35-27-26-20-9-8-19-17(18(20)13-15-29(26,27)34)12-14-28(2)21(19)10-11-22(28)25(33)16-32-24-7-5-4-6-23(24)30-31-32/h4-7,17-22,26-27,34H,3,8-16H2,1-2H3. The molecule has 5 aliphatic rings. The molecule has 5 saturated carbocycles. The molecule has 6 nitrogen and oxygen atoms in total. The van der Waals surface area contributed by atoms with Gasteiger partial charge in [-0.15, -0.1) is 5.10 Å². The molecule has 1 aromatic carbocycles. The number of rotatable bonds is 5. The highest BCUT2D eigenvalue weighted by Gasteiger charge is 2.72. The molecule has 10 atom stereocenters. The highest BCUT2D eigenvalue weighted by Crippen LogP contribution is 2.69. The van der Waals surface area contributed by atoms with Crippen molar-refractivity contribution in [3.05, 3.63) is 24.3 Å². The lowest BCUT2D eigenvalue weighted by Crippen LogP contribution is -2.50. The molecule has 6 heteroatoms. The summed E-state index contributed by atoms with van der Waals surface area (Å²) in [5, 5.41) is 19.7. The van der Waals surface area contributed by atoms with Crippen LogP contribution in [0.5, 0.6) is 0 Å². The van der Waals surface area contributed by atoms with E-state index in [0.29, 0.717) is 36.7 Å². The number of hydrogen-bond donors (Lipinski definition) is 1. The fraction of sp³-hybridized carbons (Fsp3) is 0.759. The van der Waals surface area contributed by atoms with E-state index < -0.39 is 5.60 Å². The molecule has 1 N–H and O–H groups in total. The van der Waals surface area contributed by atoms with E-state index in [-0.39, 0.29) is 17.4 Å². The van der Waals surface area contributed by atoms with Gasteiger partial charge in [0.1, 0.15) is 12.1 Å². The summed E-state index contributed by atoms with van der Waals surface area (Å²) in [6, 6.07) is 7.91. The summed E-state index contributed by atoms with van der Waals surface area (Å²) in [5.41, 5.74) is 1.38. The third-order valence-corrected chi connectivity index (χ3v) is 11.5. The largest absolute Gasteiger partial charge is 0.387 e. The number of para-hydroxylation sites is 1.